The molecule has 3 heterocycles. The largest absolute Gasteiger partial charge is 0.353 e. The van der Waals surface area contributed by atoms with E-state index in [9.17, 15) is 18.0 Å². The molecule has 2 fully saturated rings. The van der Waals surface area contributed by atoms with Crippen LogP contribution in [0.2, 0.25) is 0 Å². The van der Waals surface area contributed by atoms with Crippen LogP contribution in [-0.2, 0) is 12.8 Å². The summed E-state index contributed by atoms with van der Waals surface area (Å²) in [7, 11) is 0. The lowest BCUT2D eigenvalue weighted by Gasteiger charge is -2.27. The molecule has 3 N–H and O–H groups in total. The Kier molecular flexibility index (Phi) is 3.74. The van der Waals surface area contributed by atoms with Crippen molar-refractivity contribution >= 4 is 16.8 Å². The number of carbonyl (C=O) groups is 1. The number of rotatable bonds is 2. The van der Waals surface area contributed by atoms with Crippen LogP contribution in [0.1, 0.15) is 28.5 Å². The Labute approximate surface area is 176 Å². The number of piperazine rings is 1. The molecule has 2 aromatic heterocycles. The predicted molar refractivity (Wildman–Crippen MR) is 109 cm³/mol. The van der Waals surface area contributed by atoms with E-state index in [1.807, 2.05) is 0 Å². The second kappa shape index (κ2) is 6.12. The zero-order chi connectivity index (χ0) is 21.5. The van der Waals surface area contributed by atoms with E-state index in [4.69, 9.17) is 0 Å². The summed E-state index contributed by atoms with van der Waals surface area (Å²) in [6.45, 7) is 4.08. The molecule has 1 aliphatic heterocycles. The molecule has 2 unspecified atom stereocenters. The number of nitrogens with zero attached hydrogens (tertiary/aromatic N) is 2. The molecule has 3 aliphatic rings. The van der Waals surface area contributed by atoms with Gasteiger partial charge in [-0.25, -0.2) is 13.2 Å². The van der Waals surface area contributed by atoms with Crippen LogP contribution in [0.15, 0.2) is 18.2 Å². The summed E-state index contributed by atoms with van der Waals surface area (Å²) < 4.78 is 43.2. The van der Waals surface area contributed by atoms with Gasteiger partial charge < -0.3 is 15.2 Å². The number of hydrogen-bond acceptors (Lipinski definition) is 3. The summed E-state index contributed by atoms with van der Waals surface area (Å²) in [4.78, 5) is 17.6. The van der Waals surface area contributed by atoms with Gasteiger partial charge in [0.25, 0.3) is 11.8 Å². The first kappa shape index (κ1) is 18.9. The average molecular weight is 429 g/mol. The number of amides is 1. The molecule has 6 nitrogen and oxygen atoms in total. The van der Waals surface area contributed by atoms with Gasteiger partial charge in [-0.1, -0.05) is 6.92 Å². The normalized spacial score (nSPS) is 26.6. The van der Waals surface area contributed by atoms with Crippen molar-refractivity contribution in [1.29, 1.82) is 0 Å². The van der Waals surface area contributed by atoms with Crippen LogP contribution in [0.25, 0.3) is 22.3 Å². The lowest BCUT2D eigenvalue weighted by Crippen LogP contribution is -2.46. The Hall–Kier alpha value is -2.81. The summed E-state index contributed by atoms with van der Waals surface area (Å²) in [5.41, 5.74) is 2.41. The molecule has 1 saturated heterocycles. The first-order valence-corrected chi connectivity index (χ1v) is 10.6. The molecule has 0 bridgehead atoms. The van der Waals surface area contributed by atoms with Gasteiger partial charge in [0.1, 0.15) is 11.5 Å². The number of aromatic amines is 2. The van der Waals surface area contributed by atoms with Gasteiger partial charge in [0.05, 0.1) is 11.3 Å². The summed E-state index contributed by atoms with van der Waals surface area (Å²) in [5, 5.41) is 11.1. The third-order valence-corrected chi connectivity index (χ3v) is 7.39. The number of halogens is 3. The molecular weight excluding hydrogens is 407 g/mol. The maximum atomic E-state index is 14.8. The highest BCUT2D eigenvalue weighted by Gasteiger charge is 2.78. The Morgan fingerprint density at radius 2 is 2.00 bits per heavy atom. The fourth-order valence-electron chi connectivity index (χ4n) is 5.31. The highest BCUT2D eigenvalue weighted by Crippen LogP contribution is 2.70. The Balaban J connectivity index is 1.36. The van der Waals surface area contributed by atoms with Gasteiger partial charge in [-0.15, -0.1) is 0 Å². The molecule has 0 radical (unpaired) electrons. The van der Waals surface area contributed by atoms with Gasteiger partial charge in [-0.3, -0.25) is 9.89 Å². The van der Waals surface area contributed by atoms with Crippen LogP contribution in [0.5, 0.6) is 0 Å². The van der Waals surface area contributed by atoms with Gasteiger partial charge in [-0.2, -0.15) is 5.10 Å². The van der Waals surface area contributed by atoms with Gasteiger partial charge in [-0.05, 0) is 24.6 Å². The molecule has 9 heteroatoms. The third-order valence-electron chi connectivity index (χ3n) is 7.39. The smallest absolute Gasteiger partial charge is 0.258 e. The fraction of sp³-hybridized carbons (Fsp3) is 0.455. The van der Waals surface area contributed by atoms with E-state index >= 15 is 0 Å². The molecule has 1 amide bonds. The monoisotopic (exact) mass is 429 g/mol. The lowest BCUT2D eigenvalue weighted by molar-refractivity contribution is 0.0631. The minimum atomic E-state index is -2.66. The van der Waals surface area contributed by atoms with Crippen LogP contribution in [0.4, 0.5) is 13.2 Å². The van der Waals surface area contributed by atoms with E-state index in [0.717, 1.165) is 11.3 Å². The third kappa shape index (κ3) is 2.55. The molecule has 1 saturated carbocycles. The molecule has 31 heavy (non-hydrogen) atoms. The van der Waals surface area contributed by atoms with Crippen molar-refractivity contribution < 1.29 is 18.0 Å². The van der Waals surface area contributed by atoms with Crippen LogP contribution >= 0.6 is 0 Å². The number of H-pyrrole nitrogens is 2. The van der Waals surface area contributed by atoms with E-state index in [-0.39, 0.29) is 24.3 Å². The number of alkyl halides is 2. The van der Waals surface area contributed by atoms with Gasteiger partial charge in [0.15, 0.2) is 0 Å². The maximum absolute atomic E-state index is 14.8. The number of hydrogen-bond donors (Lipinski definition) is 3. The summed E-state index contributed by atoms with van der Waals surface area (Å²) in [5.74, 6) is -4.23. The number of carbonyl (C=O) groups excluding carboxylic acids is 1. The summed E-state index contributed by atoms with van der Waals surface area (Å²) >= 11 is 0. The molecule has 2 aliphatic carbocycles. The fourth-order valence-corrected chi connectivity index (χ4v) is 5.31. The SMILES string of the molecule is CC12Cc3[nH]nc(-c4cc5cc(F)c(C(=O)N6CCNCC6)cc5[nH]4)c3CC1C2(F)F. The topological polar surface area (TPSA) is 76.8 Å². The first-order chi connectivity index (χ1) is 14.8. The molecular formula is C22H22F3N5O. The molecule has 0 spiro atoms. The number of benzene rings is 1. The van der Waals surface area contributed by atoms with E-state index in [2.05, 4.69) is 20.5 Å². The van der Waals surface area contributed by atoms with Gasteiger partial charge in [0.2, 0.25) is 0 Å². The first-order valence-electron chi connectivity index (χ1n) is 10.6. The predicted octanol–water partition coefficient (Wildman–Crippen LogP) is 3.11. The van der Waals surface area contributed by atoms with Crippen molar-refractivity contribution in [1.82, 2.24) is 25.4 Å². The second-order valence-corrected chi connectivity index (χ2v) is 9.15. The van der Waals surface area contributed by atoms with Crippen molar-refractivity contribution in [2.45, 2.75) is 25.7 Å². The van der Waals surface area contributed by atoms with Crippen LogP contribution in [0, 0.1) is 17.2 Å². The van der Waals surface area contributed by atoms with Crippen LogP contribution in [0.3, 0.4) is 0 Å². The van der Waals surface area contributed by atoms with Crippen molar-refractivity contribution in [3.63, 3.8) is 0 Å². The Morgan fingerprint density at radius 1 is 1.23 bits per heavy atom. The van der Waals surface area contributed by atoms with E-state index < -0.39 is 23.1 Å². The molecule has 2 atom stereocenters. The van der Waals surface area contributed by atoms with E-state index in [0.29, 0.717) is 48.5 Å². The number of fused-ring (bicyclic) bond motifs is 3. The number of nitrogens with one attached hydrogen (secondary N) is 3. The van der Waals surface area contributed by atoms with Crippen molar-refractivity contribution in [3.05, 3.63) is 40.8 Å². The summed E-state index contributed by atoms with van der Waals surface area (Å²) in [6.07, 6.45) is 0.534. The zero-order valence-corrected chi connectivity index (χ0v) is 17.0. The minimum Gasteiger partial charge on any atom is -0.353 e. The van der Waals surface area contributed by atoms with Gasteiger partial charge >= 0.3 is 0 Å². The quantitative estimate of drug-likeness (QED) is 0.586. The van der Waals surface area contributed by atoms with Crippen molar-refractivity contribution in [2.24, 2.45) is 11.3 Å². The Bertz CT molecular complexity index is 1230. The van der Waals surface area contributed by atoms with Crippen molar-refractivity contribution in [3.8, 4) is 11.4 Å². The Morgan fingerprint density at radius 3 is 2.77 bits per heavy atom. The maximum Gasteiger partial charge on any atom is 0.258 e. The molecule has 3 aromatic rings. The molecule has 6 rings (SSSR count). The average Bonchev–Trinajstić information content (AvgIpc) is 3.13. The van der Waals surface area contributed by atoms with Crippen molar-refractivity contribution in [2.75, 3.05) is 26.2 Å². The highest BCUT2D eigenvalue weighted by atomic mass is 19.3. The standard InChI is InChI=1S/C22H22F3N5O/c1-21-10-17-13(9-18(21)22(21,24)25)19(29-28-17)16-7-11-6-14(23)12(8-15(11)27-16)20(31)30-4-2-26-3-5-30/h6-8,18,26-27H,2-5,9-10H2,1H3,(H,28,29). The van der Waals surface area contributed by atoms with Gasteiger partial charge in [0, 0.05) is 66.1 Å². The number of aromatic nitrogens is 3. The van der Waals surface area contributed by atoms with E-state index in [1.165, 1.54) is 12.1 Å². The molecule has 162 valence electrons. The second-order valence-electron chi connectivity index (χ2n) is 9.15. The van der Waals surface area contributed by atoms with Crippen LogP contribution in [-0.4, -0.2) is 58.1 Å². The lowest BCUT2D eigenvalue weighted by atomic mass is 9.87. The van der Waals surface area contributed by atoms with Crippen LogP contribution < -0.4 is 5.32 Å². The zero-order valence-electron chi connectivity index (χ0n) is 17.0. The minimum absolute atomic E-state index is 0.0280. The summed E-state index contributed by atoms with van der Waals surface area (Å²) in [6, 6.07) is 4.63. The van der Waals surface area contributed by atoms with E-state index in [1.54, 1.807) is 17.9 Å². The highest BCUT2D eigenvalue weighted by molar-refractivity contribution is 5.99. The molecule has 1 aromatic carbocycles.